The molecule has 112 valence electrons. The van der Waals surface area contributed by atoms with E-state index < -0.39 is 11.9 Å². The first-order chi connectivity index (χ1) is 10.5. The smallest absolute Gasteiger partial charge is 0.266 e. The van der Waals surface area contributed by atoms with Crippen LogP contribution in [0.5, 0.6) is 0 Å². The molecule has 1 atom stereocenters. The first-order valence-electron chi connectivity index (χ1n) is 7.03. The lowest BCUT2D eigenvalue weighted by molar-refractivity contribution is 0.629. The maximum Gasteiger partial charge on any atom is 0.266 e. The largest absolute Gasteiger partial charge is 0.322 e. The number of benzene rings is 2. The summed E-state index contributed by atoms with van der Waals surface area (Å²) in [4.78, 5) is 17.3. The standard InChI is InChI=1S/C17H16FN3O/c1-10-8-9-13(18)15-14(10)17(22)21(16(20-15)11(2)19)12-6-4-3-5-7-12/h3-9,11H,19H2,1-2H3. The van der Waals surface area contributed by atoms with E-state index in [1.165, 1.54) is 10.6 Å². The summed E-state index contributed by atoms with van der Waals surface area (Å²) < 4.78 is 15.5. The van der Waals surface area contributed by atoms with Crippen LogP contribution in [-0.4, -0.2) is 9.55 Å². The van der Waals surface area contributed by atoms with Gasteiger partial charge in [-0.1, -0.05) is 24.3 Å². The molecule has 0 radical (unpaired) electrons. The van der Waals surface area contributed by atoms with Gasteiger partial charge in [-0.2, -0.15) is 0 Å². The van der Waals surface area contributed by atoms with Gasteiger partial charge in [0.05, 0.1) is 17.1 Å². The van der Waals surface area contributed by atoms with Crippen LogP contribution in [0, 0.1) is 12.7 Å². The van der Waals surface area contributed by atoms with E-state index in [4.69, 9.17) is 5.73 Å². The molecule has 0 aliphatic carbocycles. The molecule has 0 aliphatic rings. The lowest BCUT2D eigenvalue weighted by Gasteiger charge is -2.16. The molecule has 0 spiro atoms. The Bertz CT molecular complexity index is 901. The van der Waals surface area contributed by atoms with Crippen molar-refractivity contribution in [2.24, 2.45) is 5.73 Å². The van der Waals surface area contributed by atoms with Gasteiger partial charge in [-0.15, -0.1) is 0 Å². The summed E-state index contributed by atoms with van der Waals surface area (Å²) in [5.41, 5.74) is 7.08. The topological polar surface area (TPSA) is 60.9 Å². The number of hydrogen-bond acceptors (Lipinski definition) is 3. The summed E-state index contributed by atoms with van der Waals surface area (Å²) in [6, 6.07) is 11.5. The molecular weight excluding hydrogens is 281 g/mol. The lowest BCUT2D eigenvalue weighted by Crippen LogP contribution is -2.28. The van der Waals surface area contributed by atoms with E-state index in [1.807, 2.05) is 18.2 Å². The quantitative estimate of drug-likeness (QED) is 0.791. The number of aromatic nitrogens is 2. The fourth-order valence-corrected chi connectivity index (χ4v) is 2.56. The van der Waals surface area contributed by atoms with E-state index >= 15 is 0 Å². The van der Waals surface area contributed by atoms with Crippen molar-refractivity contribution >= 4 is 10.9 Å². The maximum atomic E-state index is 14.1. The van der Waals surface area contributed by atoms with Crippen LogP contribution in [0.15, 0.2) is 47.3 Å². The van der Waals surface area contributed by atoms with Crippen molar-refractivity contribution < 1.29 is 4.39 Å². The molecule has 4 nitrogen and oxygen atoms in total. The second kappa shape index (κ2) is 5.35. The molecule has 0 amide bonds. The van der Waals surface area contributed by atoms with Gasteiger partial charge < -0.3 is 5.73 Å². The molecule has 3 aromatic rings. The fraction of sp³-hybridized carbons (Fsp3) is 0.176. The van der Waals surface area contributed by atoms with E-state index in [1.54, 1.807) is 32.0 Å². The minimum atomic E-state index is -0.514. The van der Waals surface area contributed by atoms with Crippen molar-refractivity contribution in [1.29, 1.82) is 0 Å². The number of rotatable bonds is 2. The number of fused-ring (bicyclic) bond motifs is 1. The van der Waals surface area contributed by atoms with Gasteiger partial charge in [0, 0.05) is 0 Å². The molecular formula is C17H16FN3O. The first kappa shape index (κ1) is 14.4. The van der Waals surface area contributed by atoms with Gasteiger partial charge in [-0.05, 0) is 37.6 Å². The molecule has 5 heteroatoms. The molecule has 1 unspecified atom stereocenters. The zero-order valence-corrected chi connectivity index (χ0v) is 12.4. The SMILES string of the molecule is Cc1ccc(F)c2nc(C(C)N)n(-c3ccccc3)c(=O)c12. The third-order valence-electron chi connectivity index (χ3n) is 3.63. The van der Waals surface area contributed by atoms with Crippen LogP contribution >= 0.6 is 0 Å². The zero-order valence-electron chi connectivity index (χ0n) is 12.4. The van der Waals surface area contributed by atoms with Crippen molar-refractivity contribution in [3.63, 3.8) is 0 Å². The number of hydrogen-bond donors (Lipinski definition) is 1. The highest BCUT2D eigenvalue weighted by Crippen LogP contribution is 2.20. The molecule has 0 fully saturated rings. The van der Waals surface area contributed by atoms with Crippen molar-refractivity contribution in [1.82, 2.24) is 9.55 Å². The van der Waals surface area contributed by atoms with Crippen LogP contribution in [0.2, 0.25) is 0 Å². The fourth-order valence-electron chi connectivity index (χ4n) is 2.56. The molecule has 0 saturated carbocycles. The minimum Gasteiger partial charge on any atom is -0.322 e. The monoisotopic (exact) mass is 297 g/mol. The Morgan fingerprint density at radius 2 is 1.86 bits per heavy atom. The highest BCUT2D eigenvalue weighted by molar-refractivity contribution is 5.82. The summed E-state index contributed by atoms with van der Waals surface area (Å²) in [7, 11) is 0. The first-order valence-corrected chi connectivity index (χ1v) is 7.03. The Morgan fingerprint density at radius 3 is 2.50 bits per heavy atom. The van der Waals surface area contributed by atoms with Crippen LogP contribution in [0.1, 0.15) is 24.4 Å². The van der Waals surface area contributed by atoms with Gasteiger partial charge in [0.15, 0.2) is 0 Å². The van der Waals surface area contributed by atoms with Crippen LogP contribution in [0.4, 0.5) is 4.39 Å². The molecule has 2 aromatic carbocycles. The van der Waals surface area contributed by atoms with Gasteiger partial charge in [-0.3, -0.25) is 9.36 Å². The zero-order chi connectivity index (χ0) is 15.9. The third-order valence-corrected chi connectivity index (χ3v) is 3.63. The van der Waals surface area contributed by atoms with Gasteiger partial charge in [0.1, 0.15) is 17.2 Å². The minimum absolute atomic E-state index is 0.0736. The molecule has 2 N–H and O–H groups in total. The summed E-state index contributed by atoms with van der Waals surface area (Å²) in [6.45, 7) is 3.49. The van der Waals surface area contributed by atoms with E-state index in [0.717, 1.165) is 0 Å². The molecule has 1 aromatic heterocycles. The number of para-hydroxylation sites is 1. The highest BCUT2D eigenvalue weighted by atomic mass is 19.1. The summed E-state index contributed by atoms with van der Waals surface area (Å²) in [5.74, 6) is -0.173. The Labute approximate surface area is 127 Å². The second-order valence-electron chi connectivity index (χ2n) is 5.32. The van der Waals surface area contributed by atoms with Crippen LogP contribution in [-0.2, 0) is 0 Å². The molecule has 0 aliphatic heterocycles. The predicted molar refractivity (Wildman–Crippen MR) is 84.6 cm³/mol. The summed E-state index contributed by atoms with van der Waals surface area (Å²) in [6.07, 6.45) is 0. The van der Waals surface area contributed by atoms with Crippen molar-refractivity contribution in [3.05, 3.63) is 70.0 Å². The average molecular weight is 297 g/mol. The van der Waals surface area contributed by atoms with E-state index in [2.05, 4.69) is 4.98 Å². The van der Waals surface area contributed by atoms with Crippen molar-refractivity contribution in [3.8, 4) is 5.69 Å². The van der Waals surface area contributed by atoms with Gasteiger partial charge in [0.25, 0.3) is 5.56 Å². The van der Waals surface area contributed by atoms with E-state index in [0.29, 0.717) is 17.1 Å². The average Bonchev–Trinajstić information content (AvgIpc) is 2.51. The van der Waals surface area contributed by atoms with Gasteiger partial charge in [0.2, 0.25) is 0 Å². The van der Waals surface area contributed by atoms with Gasteiger partial charge >= 0.3 is 0 Å². The van der Waals surface area contributed by atoms with E-state index in [-0.39, 0.29) is 16.5 Å². The Balaban J connectivity index is 2.51. The third kappa shape index (κ3) is 2.19. The van der Waals surface area contributed by atoms with Gasteiger partial charge in [-0.25, -0.2) is 9.37 Å². The highest BCUT2D eigenvalue weighted by Gasteiger charge is 2.18. The lowest BCUT2D eigenvalue weighted by atomic mass is 10.1. The van der Waals surface area contributed by atoms with Crippen molar-refractivity contribution in [2.75, 3.05) is 0 Å². The number of nitrogens with two attached hydrogens (primary N) is 1. The summed E-state index contributed by atoms with van der Waals surface area (Å²) in [5, 5.41) is 0.285. The molecule has 0 saturated heterocycles. The number of aryl methyl sites for hydroxylation is 1. The number of nitrogens with zero attached hydrogens (tertiary/aromatic N) is 2. The molecule has 0 bridgehead atoms. The normalized spacial score (nSPS) is 12.5. The Morgan fingerprint density at radius 1 is 1.18 bits per heavy atom. The van der Waals surface area contributed by atoms with Crippen LogP contribution in [0.3, 0.4) is 0 Å². The van der Waals surface area contributed by atoms with Crippen LogP contribution < -0.4 is 11.3 Å². The summed E-state index contributed by atoms with van der Waals surface area (Å²) >= 11 is 0. The molecule has 3 rings (SSSR count). The second-order valence-corrected chi connectivity index (χ2v) is 5.32. The van der Waals surface area contributed by atoms with Crippen molar-refractivity contribution in [2.45, 2.75) is 19.9 Å². The predicted octanol–water partition coefficient (Wildman–Crippen LogP) is 2.85. The maximum absolute atomic E-state index is 14.1. The molecule has 22 heavy (non-hydrogen) atoms. The van der Waals surface area contributed by atoms with Crippen LogP contribution in [0.25, 0.3) is 16.6 Å². The number of halogens is 1. The van der Waals surface area contributed by atoms with E-state index in [9.17, 15) is 9.18 Å². The molecule has 1 heterocycles. The Kier molecular flexibility index (Phi) is 3.50. The Hall–Kier alpha value is -2.53.